The molecule has 0 nitrogen and oxygen atoms in total. The molecule has 0 spiro atoms. The molecule has 0 N–H and O–H groups in total. The average molecular weight is 206 g/mol. The van der Waals surface area contributed by atoms with Crippen LogP contribution in [0.4, 0.5) is 0 Å². The highest BCUT2D eigenvalue weighted by Gasteiger charge is 2.52. The maximum Gasteiger partial charge on any atom is -0.0318 e. The van der Waals surface area contributed by atoms with Crippen molar-refractivity contribution in [3.8, 4) is 0 Å². The third kappa shape index (κ3) is 1.65. The van der Waals surface area contributed by atoms with Crippen LogP contribution in [0.5, 0.6) is 0 Å². The lowest BCUT2D eigenvalue weighted by molar-refractivity contribution is -0.0915. The van der Waals surface area contributed by atoms with Crippen molar-refractivity contribution in [3.63, 3.8) is 0 Å². The lowest BCUT2D eigenvalue weighted by Crippen LogP contribution is -2.50. The van der Waals surface area contributed by atoms with E-state index in [1.54, 1.807) is 32.1 Å². The van der Waals surface area contributed by atoms with E-state index in [4.69, 9.17) is 0 Å². The molecule has 0 saturated heterocycles. The molecular weight excluding hydrogens is 180 g/mol. The zero-order chi connectivity index (χ0) is 10.6. The van der Waals surface area contributed by atoms with Crippen LogP contribution in [-0.4, -0.2) is 0 Å². The molecule has 0 aromatic carbocycles. The largest absolute Gasteiger partial charge is 0.0628 e. The standard InChI is InChI=1S/C15H26/c1-10(2)4-14-12-5-11-6-13(14)9-15(3,7-11)8-12/h10-14H,4-9H2,1-3H3. The minimum atomic E-state index is 0.768. The Labute approximate surface area is 94.8 Å². The van der Waals surface area contributed by atoms with Crippen LogP contribution >= 0.6 is 0 Å². The summed E-state index contributed by atoms with van der Waals surface area (Å²) in [4.78, 5) is 0. The van der Waals surface area contributed by atoms with Crippen LogP contribution in [0.2, 0.25) is 0 Å². The van der Waals surface area contributed by atoms with E-state index in [0.29, 0.717) is 0 Å². The highest BCUT2D eigenvalue weighted by atomic mass is 14.6. The average Bonchev–Trinajstić information content (AvgIpc) is 2.08. The third-order valence-corrected chi connectivity index (χ3v) is 5.52. The number of rotatable bonds is 2. The van der Waals surface area contributed by atoms with Crippen molar-refractivity contribution in [2.45, 2.75) is 59.3 Å². The van der Waals surface area contributed by atoms with Crippen LogP contribution in [0, 0.1) is 35.0 Å². The Hall–Kier alpha value is 0. The summed E-state index contributed by atoms with van der Waals surface area (Å²) in [5.41, 5.74) is 0.768. The van der Waals surface area contributed by atoms with Gasteiger partial charge >= 0.3 is 0 Å². The molecule has 4 aliphatic rings. The van der Waals surface area contributed by atoms with Crippen molar-refractivity contribution in [1.29, 1.82) is 0 Å². The van der Waals surface area contributed by atoms with Gasteiger partial charge in [0.25, 0.3) is 0 Å². The van der Waals surface area contributed by atoms with Gasteiger partial charge in [-0.1, -0.05) is 20.8 Å². The first kappa shape index (κ1) is 10.2. The van der Waals surface area contributed by atoms with Crippen molar-refractivity contribution in [1.82, 2.24) is 0 Å². The highest BCUT2D eigenvalue weighted by molar-refractivity contribution is 5.03. The van der Waals surface area contributed by atoms with Gasteiger partial charge in [-0.25, -0.2) is 0 Å². The first-order valence-corrected chi connectivity index (χ1v) is 7.06. The summed E-state index contributed by atoms with van der Waals surface area (Å²) in [5.74, 6) is 5.37. The van der Waals surface area contributed by atoms with Crippen LogP contribution in [0.1, 0.15) is 59.3 Å². The molecule has 0 aromatic heterocycles. The number of hydrogen-bond acceptors (Lipinski definition) is 0. The molecule has 4 bridgehead atoms. The Morgan fingerprint density at radius 3 is 2.13 bits per heavy atom. The minimum Gasteiger partial charge on any atom is -0.0628 e. The molecule has 0 amide bonds. The summed E-state index contributed by atoms with van der Waals surface area (Å²) in [7, 11) is 0. The summed E-state index contributed by atoms with van der Waals surface area (Å²) in [5, 5.41) is 0. The Kier molecular flexibility index (Phi) is 2.20. The fourth-order valence-electron chi connectivity index (χ4n) is 5.47. The highest BCUT2D eigenvalue weighted by Crippen LogP contribution is 2.62. The molecule has 2 unspecified atom stereocenters. The zero-order valence-electron chi connectivity index (χ0n) is 10.6. The van der Waals surface area contributed by atoms with Gasteiger partial charge in [-0.2, -0.15) is 0 Å². The smallest absolute Gasteiger partial charge is 0.0318 e. The second-order valence-corrected chi connectivity index (χ2v) is 7.57. The molecule has 0 aliphatic heterocycles. The van der Waals surface area contributed by atoms with E-state index in [2.05, 4.69) is 20.8 Å². The quantitative estimate of drug-likeness (QED) is 0.624. The Balaban J connectivity index is 1.79. The van der Waals surface area contributed by atoms with Crippen molar-refractivity contribution in [3.05, 3.63) is 0 Å². The molecule has 0 aromatic rings. The molecule has 2 atom stereocenters. The lowest BCUT2D eigenvalue weighted by Gasteiger charge is -2.59. The van der Waals surface area contributed by atoms with E-state index in [-0.39, 0.29) is 0 Å². The van der Waals surface area contributed by atoms with Crippen LogP contribution in [0.15, 0.2) is 0 Å². The topological polar surface area (TPSA) is 0 Å². The van der Waals surface area contributed by atoms with E-state index < -0.39 is 0 Å². The van der Waals surface area contributed by atoms with Crippen LogP contribution in [0.25, 0.3) is 0 Å². The first-order valence-electron chi connectivity index (χ1n) is 7.06. The Bertz CT molecular complexity index is 237. The van der Waals surface area contributed by atoms with Gasteiger partial charge in [-0.15, -0.1) is 0 Å². The monoisotopic (exact) mass is 206 g/mol. The predicted octanol–water partition coefficient (Wildman–Crippen LogP) is 4.49. The normalized spacial score (nSPS) is 52.8. The van der Waals surface area contributed by atoms with Gasteiger partial charge in [0.15, 0.2) is 0 Å². The molecule has 4 rings (SSSR count). The van der Waals surface area contributed by atoms with E-state index in [1.165, 1.54) is 6.42 Å². The molecule has 0 heterocycles. The third-order valence-electron chi connectivity index (χ3n) is 5.52. The predicted molar refractivity (Wildman–Crippen MR) is 64.6 cm³/mol. The SMILES string of the molecule is CC(C)CC1C2CC3CC1CC(C)(C3)C2. The van der Waals surface area contributed by atoms with E-state index in [9.17, 15) is 0 Å². The second kappa shape index (κ2) is 3.25. The summed E-state index contributed by atoms with van der Waals surface area (Å²) < 4.78 is 0. The molecule has 15 heavy (non-hydrogen) atoms. The molecule has 4 fully saturated rings. The Morgan fingerprint density at radius 1 is 1.07 bits per heavy atom. The van der Waals surface area contributed by atoms with Gasteiger partial charge in [-0.05, 0) is 73.5 Å². The molecule has 86 valence electrons. The van der Waals surface area contributed by atoms with Crippen LogP contribution in [-0.2, 0) is 0 Å². The zero-order valence-corrected chi connectivity index (χ0v) is 10.6. The second-order valence-electron chi connectivity index (χ2n) is 7.57. The summed E-state index contributed by atoms with van der Waals surface area (Å²) in [6, 6.07) is 0. The maximum atomic E-state index is 2.57. The van der Waals surface area contributed by atoms with Crippen LogP contribution < -0.4 is 0 Å². The van der Waals surface area contributed by atoms with Gasteiger partial charge in [0.05, 0.1) is 0 Å². The molecule has 0 radical (unpaired) electrons. The fraction of sp³-hybridized carbons (Fsp3) is 1.00. The first-order chi connectivity index (χ1) is 7.06. The summed E-state index contributed by atoms with van der Waals surface area (Å²) in [6.45, 7) is 7.39. The Morgan fingerprint density at radius 2 is 1.67 bits per heavy atom. The maximum absolute atomic E-state index is 2.57. The van der Waals surface area contributed by atoms with Crippen molar-refractivity contribution in [2.75, 3.05) is 0 Å². The number of hydrogen-bond donors (Lipinski definition) is 0. The van der Waals surface area contributed by atoms with E-state index in [0.717, 1.165) is 35.0 Å². The van der Waals surface area contributed by atoms with Gasteiger partial charge in [-0.3, -0.25) is 0 Å². The van der Waals surface area contributed by atoms with Crippen molar-refractivity contribution < 1.29 is 0 Å². The molecule has 0 heteroatoms. The fourth-order valence-corrected chi connectivity index (χ4v) is 5.47. The van der Waals surface area contributed by atoms with Gasteiger partial charge < -0.3 is 0 Å². The van der Waals surface area contributed by atoms with Gasteiger partial charge in [0, 0.05) is 0 Å². The molecule has 4 aliphatic carbocycles. The van der Waals surface area contributed by atoms with Crippen LogP contribution in [0.3, 0.4) is 0 Å². The molecular formula is C15H26. The minimum absolute atomic E-state index is 0.768. The lowest BCUT2D eigenvalue weighted by atomic mass is 9.46. The summed E-state index contributed by atoms with van der Waals surface area (Å²) >= 11 is 0. The van der Waals surface area contributed by atoms with Crippen molar-refractivity contribution in [2.24, 2.45) is 35.0 Å². The van der Waals surface area contributed by atoms with Gasteiger partial charge in [0.1, 0.15) is 0 Å². The summed E-state index contributed by atoms with van der Waals surface area (Å²) in [6.07, 6.45) is 9.38. The molecule has 4 saturated carbocycles. The van der Waals surface area contributed by atoms with E-state index >= 15 is 0 Å². The van der Waals surface area contributed by atoms with E-state index in [1.807, 2.05) is 0 Å². The van der Waals surface area contributed by atoms with Crippen molar-refractivity contribution >= 4 is 0 Å². The van der Waals surface area contributed by atoms with Gasteiger partial charge in [0.2, 0.25) is 0 Å².